The van der Waals surface area contributed by atoms with E-state index in [0.717, 1.165) is 16.2 Å². The van der Waals surface area contributed by atoms with Gasteiger partial charge in [0.1, 0.15) is 15.5 Å². The smallest absolute Gasteiger partial charge is 0.280 e. The Kier molecular flexibility index (Phi) is 5.04. The number of likely N-dealkylation sites (tertiary alicyclic amines) is 1. The van der Waals surface area contributed by atoms with Crippen molar-refractivity contribution < 1.29 is 26.8 Å². The molecule has 3 rings (SSSR count). The molecule has 2 aliphatic heterocycles. The lowest BCUT2D eigenvalue weighted by molar-refractivity contribution is 0.0117. The summed E-state index contributed by atoms with van der Waals surface area (Å²) in [6, 6.07) is -0.855. The number of rotatable bonds is 3. The van der Waals surface area contributed by atoms with Gasteiger partial charge in [0, 0.05) is 23.9 Å². The molecular formula is C15H19F2N3O4S2. The molecule has 2 amide bonds. The summed E-state index contributed by atoms with van der Waals surface area (Å²) in [5.41, 5.74) is -0.0316. The lowest BCUT2D eigenvalue weighted by Gasteiger charge is -2.22. The summed E-state index contributed by atoms with van der Waals surface area (Å²) >= 11 is 0.958. The van der Waals surface area contributed by atoms with Gasteiger partial charge in [-0.15, -0.1) is 11.3 Å². The van der Waals surface area contributed by atoms with Gasteiger partial charge in [-0.3, -0.25) is 9.59 Å². The lowest BCUT2D eigenvalue weighted by atomic mass is 10.1. The van der Waals surface area contributed by atoms with Crippen LogP contribution in [0.4, 0.5) is 8.78 Å². The molecule has 2 aliphatic rings. The second-order valence-corrected chi connectivity index (χ2v) is 9.94. The van der Waals surface area contributed by atoms with E-state index in [1.54, 1.807) is 6.92 Å². The minimum atomic E-state index is -3.02. The molecule has 11 heteroatoms. The predicted molar refractivity (Wildman–Crippen MR) is 91.3 cm³/mol. The van der Waals surface area contributed by atoms with Crippen molar-refractivity contribution >= 4 is 33.0 Å². The molecule has 1 aromatic rings. The largest absolute Gasteiger partial charge is 0.347 e. The number of halogens is 2. The highest BCUT2D eigenvalue weighted by Gasteiger charge is 2.45. The Balaban J connectivity index is 1.62. The van der Waals surface area contributed by atoms with Crippen LogP contribution in [0.2, 0.25) is 0 Å². The highest BCUT2D eigenvalue weighted by Crippen LogP contribution is 2.32. The van der Waals surface area contributed by atoms with E-state index in [2.05, 4.69) is 10.3 Å². The van der Waals surface area contributed by atoms with Gasteiger partial charge < -0.3 is 10.2 Å². The quantitative estimate of drug-likeness (QED) is 0.815. The van der Waals surface area contributed by atoms with Gasteiger partial charge in [-0.05, 0) is 19.8 Å². The second-order valence-electron chi connectivity index (χ2n) is 6.78. The number of nitrogens with one attached hydrogen (secondary N) is 1. The molecule has 0 aromatic carbocycles. The Labute approximate surface area is 153 Å². The summed E-state index contributed by atoms with van der Waals surface area (Å²) in [4.78, 5) is 29.7. The van der Waals surface area contributed by atoms with Crippen LogP contribution in [-0.2, 0) is 9.84 Å². The normalized spacial score (nSPS) is 25.2. The average molecular weight is 407 g/mol. The van der Waals surface area contributed by atoms with Crippen molar-refractivity contribution in [2.75, 3.05) is 18.1 Å². The fourth-order valence-electron chi connectivity index (χ4n) is 3.19. The van der Waals surface area contributed by atoms with Crippen LogP contribution in [0, 0.1) is 0 Å². The van der Waals surface area contributed by atoms with E-state index in [1.165, 1.54) is 5.38 Å². The van der Waals surface area contributed by atoms with E-state index in [9.17, 15) is 26.8 Å². The van der Waals surface area contributed by atoms with E-state index in [4.69, 9.17) is 0 Å². The third kappa shape index (κ3) is 4.20. The fourth-order valence-corrected chi connectivity index (χ4v) is 5.37. The van der Waals surface area contributed by atoms with Crippen molar-refractivity contribution in [3.8, 4) is 0 Å². The first kappa shape index (κ1) is 19.2. The molecule has 0 spiro atoms. The lowest BCUT2D eigenvalue weighted by Crippen LogP contribution is -2.41. The Morgan fingerprint density at radius 3 is 2.58 bits per heavy atom. The monoisotopic (exact) mass is 407 g/mol. The minimum Gasteiger partial charge on any atom is -0.347 e. The topological polar surface area (TPSA) is 96.4 Å². The van der Waals surface area contributed by atoms with Crippen LogP contribution in [0.15, 0.2) is 5.38 Å². The highest BCUT2D eigenvalue weighted by molar-refractivity contribution is 7.91. The highest BCUT2D eigenvalue weighted by atomic mass is 32.2. The van der Waals surface area contributed by atoms with Gasteiger partial charge >= 0.3 is 0 Å². The summed E-state index contributed by atoms with van der Waals surface area (Å²) in [6.07, 6.45) is 0.290. The van der Waals surface area contributed by atoms with E-state index in [1.807, 2.05) is 0 Å². The molecule has 2 saturated heterocycles. The van der Waals surface area contributed by atoms with Crippen LogP contribution in [0.3, 0.4) is 0 Å². The van der Waals surface area contributed by atoms with Crippen LogP contribution in [0.25, 0.3) is 0 Å². The molecule has 1 unspecified atom stereocenters. The summed E-state index contributed by atoms with van der Waals surface area (Å²) in [5.74, 6) is -3.96. The van der Waals surface area contributed by atoms with E-state index < -0.39 is 40.2 Å². The Bertz CT molecular complexity index is 811. The summed E-state index contributed by atoms with van der Waals surface area (Å²) in [6.45, 7) is 0.901. The number of alkyl halides is 2. The molecule has 1 aromatic heterocycles. The van der Waals surface area contributed by atoms with Crippen LogP contribution < -0.4 is 5.32 Å². The molecule has 1 atom stereocenters. The van der Waals surface area contributed by atoms with Crippen molar-refractivity contribution in [1.29, 1.82) is 0 Å². The number of aromatic nitrogens is 1. The summed E-state index contributed by atoms with van der Waals surface area (Å²) in [7, 11) is -3.02. The van der Waals surface area contributed by atoms with Crippen LogP contribution in [0.1, 0.15) is 46.5 Å². The molecule has 2 fully saturated rings. The Morgan fingerprint density at radius 2 is 2.00 bits per heavy atom. The Morgan fingerprint density at radius 1 is 1.35 bits per heavy atom. The van der Waals surface area contributed by atoms with Gasteiger partial charge in [-0.25, -0.2) is 22.2 Å². The third-order valence-corrected chi connectivity index (χ3v) is 7.15. The maximum Gasteiger partial charge on any atom is 0.280 e. The number of carbonyl (C=O) groups excluding carboxylic acids is 2. The summed E-state index contributed by atoms with van der Waals surface area (Å²) < 4.78 is 49.7. The molecule has 0 saturated carbocycles. The fraction of sp³-hybridized carbons (Fsp3) is 0.667. The molecule has 144 valence electrons. The molecule has 0 radical (unpaired) electrons. The number of nitrogens with zero attached hydrogens (tertiary/aromatic N) is 2. The molecule has 26 heavy (non-hydrogen) atoms. The van der Waals surface area contributed by atoms with E-state index in [0.29, 0.717) is 12.8 Å². The van der Waals surface area contributed by atoms with Gasteiger partial charge in [0.15, 0.2) is 5.01 Å². The van der Waals surface area contributed by atoms with Crippen molar-refractivity contribution in [1.82, 2.24) is 15.2 Å². The number of carbonyl (C=O) groups is 2. The average Bonchev–Trinajstić information content (AvgIpc) is 3.13. The van der Waals surface area contributed by atoms with Gasteiger partial charge in [0.2, 0.25) is 0 Å². The molecule has 1 N–H and O–H groups in total. The maximum atomic E-state index is 13.5. The number of sulfone groups is 1. The first-order valence-corrected chi connectivity index (χ1v) is 10.9. The zero-order valence-corrected chi connectivity index (χ0v) is 15.7. The van der Waals surface area contributed by atoms with E-state index in [-0.39, 0.29) is 34.7 Å². The van der Waals surface area contributed by atoms with Crippen LogP contribution >= 0.6 is 11.3 Å². The third-order valence-electron chi connectivity index (χ3n) is 4.60. The SMILES string of the molecule is CC1CC(F)(F)CN1C(=O)c1csc(C(=O)NC2CCS(=O)(=O)CC2)n1. The maximum absolute atomic E-state index is 13.5. The number of thiazole rings is 1. The molecular weight excluding hydrogens is 388 g/mol. The minimum absolute atomic E-state index is 0.0284. The van der Waals surface area contributed by atoms with Gasteiger partial charge in [0.05, 0.1) is 18.1 Å². The molecule has 0 aliphatic carbocycles. The standard InChI is InChI=1S/C15H19F2N3O4S2/c1-9-6-15(16,17)8-20(9)14(22)11-7-25-13(19-11)12(21)18-10-2-4-26(23,24)5-3-10/h7,9-10H,2-6,8H2,1H3,(H,18,21). The van der Waals surface area contributed by atoms with Crippen LogP contribution in [-0.4, -0.2) is 66.2 Å². The zero-order chi connectivity index (χ0) is 19.1. The number of hydrogen-bond donors (Lipinski definition) is 1. The second kappa shape index (κ2) is 6.84. The van der Waals surface area contributed by atoms with Crippen molar-refractivity contribution in [2.45, 2.75) is 44.2 Å². The number of amides is 2. The van der Waals surface area contributed by atoms with Crippen molar-refractivity contribution in [3.63, 3.8) is 0 Å². The Hall–Kier alpha value is -1.62. The molecule has 3 heterocycles. The van der Waals surface area contributed by atoms with Crippen molar-refractivity contribution in [3.05, 3.63) is 16.1 Å². The summed E-state index contributed by atoms with van der Waals surface area (Å²) in [5, 5.41) is 4.15. The zero-order valence-electron chi connectivity index (χ0n) is 14.1. The molecule has 7 nitrogen and oxygen atoms in total. The van der Waals surface area contributed by atoms with Gasteiger partial charge in [-0.1, -0.05) is 0 Å². The number of hydrogen-bond acceptors (Lipinski definition) is 6. The first-order chi connectivity index (χ1) is 12.1. The van der Waals surface area contributed by atoms with Gasteiger partial charge in [-0.2, -0.15) is 0 Å². The van der Waals surface area contributed by atoms with E-state index >= 15 is 0 Å². The first-order valence-electron chi connectivity index (χ1n) is 8.22. The molecule has 0 bridgehead atoms. The van der Waals surface area contributed by atoms with Crippen molar-refractivity contribution in [2.24, 2.45) is 0 Å². The van der Waals surface area contributed by atoms with Crippen LogP contribution in [0.5, 0.6) is 0 Å². The van der Waals surface area contributed by atoms with Gasteiger partial charge in [0.25, 0.3) is 17.7 Å². The predicted octanol–water partition coefficient (Wildman–Crippen LogP) is 1.32.